The van der Waals surface area contributed by atoms with Crippen LogP contribution < -0.4 is 4.90 Å². The molecule has 0 bridgehead atoms. The first-order chi connectivity index (χ1) is 16.9. The summed E-state index contributed by atoms with van der Waals surface area (Å²) < 4.78 is 2.64. The summed E-state index contributed by atoms with van der Waals surface area (Å²) in [5, 5.41) is 7.66. The Balaban J connectivity index is 1.63. The second-order valence-electron chi connectivity index (χ2n) is 8.62. The van der Waals surface area contributed by atoms with E-state index in [9.17, 15) is 0 Å². The summed E-state index contributed by atoms with van der Waals surface area (Å²) >= 11 is 1.88. The van der Waals surface area contributed by atoms with E-state index in [1.54, 1.807) is 0 Å². The third-order valence-electron chi connectivity index (χ3n) is 6.59. The summed E-state index contributed by atoms with van der Waals surface area (Å²) in [7, 11) is 0. The molecule has 7 rings (SSSR count). The van der Waals surface area contributed by atoms with Crippen LogP contribution in [-0.4, -0.2) is 0 Å². The summed E-state index contributed by atoms with van der Waals surface area (Å²) in [5.74, 6) is 0. The van der Waals surface area contributed by atoms with Crippen LogP contribution in [0, 0.1) is 0 Å². The van der Waals surface area contributed by atoms with Gasteiger partial charge in [0.1, 0.15) is 0 Å². The topological polar surface area (TPSA) is 3.24 Å². The Labute approximate surface area is 202 Å². The van der Waals surface area contributed by atoms with Crippen LogP contribution in [0.3, 0.4) is 0 Å². The monoisotopic (exact) mass is 451 g/mol. The third-order valence-corrected chi connectivity index (χ3v) is 7.79. The minimum atomic E-state index is 1.16. The molecule has 0 saturated carbocycles. The van der Waals surface area contributed by atoms with Crippen molar-refractivity contribution >= 4 is 70.1 Å². The molecule has 0 N–H and O–H groups in total. The Bertz CT molecular complexity index is 1810. The number of thiophene rings is 1. The Morgan fingerprint density at radius 2 is 1.12 bits per heavy atom. The number of fused-ring (bicyclic) bond motifs is 5. The zero-order chi connectivity index (χ0) is 22.5. The molecular weight excluding hydrogens is 430 g/mol. The maximum Gasteiger partial charge on any atom is 0.0718 e. The lowest BCUT2D eigenvalue weighted by Gasteiger charge is -2.28. The molecule has 2 heteroatoms. The van der Waals surface area contributed by atoms with Gasteiger partial charge in [-0.25, -0.2) is 0 Å². The smallest absolute Gasteiger partial charge is 0.0718 e. The minimum Gasteiger partial charge on any atom is -0.308 e. The van der Waals surface area contributed by atoms with Crippen molar-refractivity contribution in [2.24, 2.45) is 0 Å². The van der Waals surface area contributed by atoms with Crippen molar-refractivity contribution in [3.63, 3.8) is 0 Å². The van der Waals surface area contributed by atoms with Crippen LogP contribution in [-0.2, 0) is 0 Å². The molecule has 0 aliphatic heterocycles. The van der Waals surface area contributed by atoms with E-state index in [2.05, 4.69) is 132 Å². The van der Waals surface area contributed by atoms with Crippen molar-refractivity contribution in [1.82, 2.24) is 0 Å². The lowest BCUT2D eigenvalue weighted by atomic mass is 10.0. The van der Waals surface area contributed by atoms with E-state index in [1.807, 2.05) is 11.3 Å². The van der Waals surface area contributed by atoms with Crippen LogP contribution in [0.25, 0.3) is 41.7 Å². The van der Waals surface area contributed by atoms with Gasteiger partial charge in [-0.15, -0.1) is 11.3 Å². The normalized spacial score (nSPS) is 11.5. The van der Waals surface area contributed by atoms with Crippen LogP contribution in [0.1, 0.15) is 0 Å². The Kier molecular flexibility index (Phi) is 4.39. The first-order valence-corrected chi connectivity index (χ1v) is 12.4. The van der Waals surface area contributed by atoms with Crippen LogP contribution in [0.2, 0.25) is 0 Å². The molecule has 0 amide bonds. The maximum atomic E-state index is 2.44. The van der Waals surface area contributed by atoms with Crippen molar-refractivity contribution in [3.05, 3.63) is 127 Å². The highest BCUT2D eigenvalue weighted by Crippen LogP contribution is 2.48. The van der Waals surface area contributed by atoms with E-state index in [4.69, 9.17) is 0 Å². The van der Waals surface area contributed by atoms with E-state index in [0.717, 1.165) is 5.69 Å². The lowest BCUT2D eigenvalue weighted by molar-refractivity contribution is 1.32. The van der Waals surface area contributed by atoms with Crippen molar-refractivity contribution in [2.45, 2.75) is 0 Å². The average molecular weight is 452 g/mol. The van der Waals surface area contributed by atoms with E-state index in [-0.39, 0.29) is 0 Å². The van der Waals surface area contributed by atoms with Gasteiger partial charge in [-0.05, 0) is 52.6 Å². The molecule has 7 aromatic rings. The first-order valence-electron chi connectivity index (χ1n) is 11.5. The van der Waals surface area contributed by atoms with Crippen LogP contribution in [0.5, 0.6) is 0 Å². The summed E-state index contributed by atoms with van der Waals surface area (Å²) in [6, 6.07) is 46.0. The zero-order valence-electron chi connectivity index (χ0n) is 18.5. The molecule has 0 aliphatic carbocycles. The molecule has 34 heavy (non-hydrogen) atoms. The van der Waals surface area contributed by atoms with Gasteiger partial charge >= 0.3 is 0 Å². The standard InChI is InChI=1S/C32H21NS/c1-2-13-25(14-3-1)33(26-19-18-22-10-4-5-11-23(22)20-26)31-27-15-7-6-12-24(27)21-29-28-16-8-9-17-30(28)34-32(29)31/h1-21H. The first kappa shape index (κ1) is 19.3. The molecular formula is C32H21NS. The SMILES string of the molecule is c1ccc(N(c2ccc3ccccc3c2)c2c3ccccc3cc3c2sc2ccccc23)cc1. The van der Waals surface area contributed by atoms with Crippen molar-refractivity contribution < 1.29 is 0 Å². The molecule has 0 fully saturated rings. The molecule has 0 spiro atoms. The maximum absolute atomic E-state index is 2.44. The molecule has 0 atom stereocenters. The summed E-state index contributed by atoms with van der Waals surface area (Å²) in [5.41, 5.74) is 3.57. The number of para-hydroxylation sites is 1. The molecule has 0 unspecified atom stereocenters. The van der Waals surface area contributed by atoms with E-state index in [0.29, 0.717) is 0 Å². The molecule has 1 aromatic heterocycles. The Morgan fingerprint density at radius 3 is 1.97 bits per heavy atom. The van der Waals surface area contributed by atoms with Crippen LogP contribution >= 0.6 is 11.3 Å². The van der Waals surface area contributed by atoms with E-state index in [1.165, 1.54) is 53.1 Å². The Morgan fingerprint density at radius 1 is 0.441 bits per heavy atom. The summed E-state index contributed by atoms with van der Waals surface area (Å²) in [4.78, 5) is 2.44. The second-order valence-corrected chi connectivity index (χ2v) is 9.68. The fourth-order valence-electron chi connectivity index (χ4n) is 5.02. The predicted octanol–water partition coefficient (Wildman–Crippen LogP) is 9.83. The molecule has 1 nitrogen and oxygen atoms in total. The fourth-order valence-corrected chi connectivity index (χ4v) is 6.25. The highest BCUT2D eigenvalue weighted by molar-refractivity contribution is 7.26. The zero-order valence-corrected chi connectivity index (χ0v) is 19.3. The number of benzene rings is 6. The van der Waals surface area contributed by atoms with Gasteiger partial charge in [0.2, 0.25) is 0 Å². The molecule has 0 radical (unpaired) electrons. The summed E-state index contributed by atoms with van der Waals surface area (Å²) in [6.45, 7) is 0. The molecule has 0 aliphatic rings. The van der Waals surface area contributed by atoms with Gasteiger partial charge in [-0.3, -0.25) is 0 Å². The van der Waals surface area contributed by atoms with Gasteiger partial charge in [0, 0.05) is 32.2 Å². The quantitative estimate of drug-likeness (QED) is 0.258. The van der Waals surface area contributed by atoms with E-state index < -0.39 is 0 Å². The van der Waals surface area contributed by atoms with E-state index >= 15 is 0 Å². The fraction of sp³-hybridized carbons (Fsp3) is 0. The highest BCUT2D eigenvalue weighted by Gasteiger charge is 2.21. The van der Waals surface area contributed by atoms with Crippen molar-refractivity contribution in [2.75, 3.05) is 4.90 Å². The van der Waals surface area contributed by atoms with Crippen molar-refractivity contribution in [3.8, 4) is 0 Å². The highest BCUT2D eigenvalue weighted by atomic mass is 32.1. The number of hydrogen-bond donors (Lipinski definition) is 0. The largest absolute Gasteiger partial charge is 0.308 e. The number of rotatable bonds is 3. The van der Waals surface area contributed by atoms with Gasteiger partial charge in [0.05, 0.1) is 10.4 Å². The number of nitrogens with zero attached hydrogens (tertiary/aromatic N) is 1. The molecule has 1 heterocycles. The van der Waals surface area contributed by atoms with Gasteiger partial charge in [0.15, 0.2) is 0 Å². The van der Waals surface area contributed by atoms with Gasteiger partial charge in [-0.2, -0.15) is 0 Å². The van der Waals surface area contributed by atoms with Gasteiger partial charge in [0.25, 0.3) is 0 Å². The third kappa shape index (κ3) is 3.00. The van der Waals surface area contributed by atoms with Crippen LogP contribution in [0.15, 0.2) is 127 Å². The Hall–Kier alpha value is -4.14. The van der Waals surface area contributed by atoms with Crippen LogP contribution in [0.4, 0.5) is 17.1 Å². The number of hydrogen-bond acceptors (Lipinski definition) is 2. The summed E-state index contributed by atoms with van der Waals surface area (Å²) in [6.07, 6.45) is 0. The van der Waals surface area contributed by atoms with Gasteiger partial charge in [-0.1, -0.05) is 91.0 Å². The lowest BCUT2D eigenvalue weighted by Crippen LogP contribution is -2.10. The molecule has 160 valence electrons. The predicted molar refractivity (Wildman–Crippen MR) is 149 cm³/mol. The second kappa shape index (κ2) is 7.72. The number of anilines is 3. The minimum absolute atomic E-state index is 1.16. The molecule has 0 saturated heterocycles. The van der Waals surface area contributed by atoms with Crippen molar-refractivity contribution in [1.29, 1.82) is 0 Å². The van der Waals surface area contributed by atoms with Gasteiger partial charge < -0.3 is 4.90 Å². The molecule has 6 aromatic carbocycles. The average Bonchev–Trinajstić information content (AvgIpc) is 3.27.